The minimum absolute atomic E-state index is 0.100. The van der Waals surface area contributed by atoms with Gasteiger partial charge < -0.3 is 20.9 Å². The number of carbonyl (C=O) groups excluding carboxylic acids is 1. The second kappa shape index (κ2) is 7.23. The summed E-state index contributed by atoms with van der Waals surface area (Å²) in [6.07, 6.45) is 0. The summed E-state index contributed by atoms with van der Waals surface area (Å²) in [5.41, 5.74) is 7.33. The van der Waals surface area contributed by atoms with Crippen molar-refractivity contribution in [2.24, 2.45) is 10.2 Å². The molecule has 0 aromatic heterocycles. The summed E-state index contributed by atoms with van der Waals surface area (Å²) in [4.78, 5) is 22.3. The lowest BCUT2D eigenvalue weighted by atomic mass is 10.2. The van der Waals surface area contributed by atoms with Crippen molar-refractivity contribution >= 4 is 34.6 Å². The Bertz CT molecular complexity index is 818. The molecular formula is C16H16N4O4. The molecule has 0 heterocycles. The zero-order chi connectivity index (χ0) is 17.7. The van der Waals surface area contributed by atoms with E-state index in [0.717, 1.165) is 0 Å². The standard InChI is InChI=1S/C16H16N4O4/c1-9(21)18-13-7-12(17)15(24-2)8-14(13)20-19-11-5-3-4-10(6-11)16(22)23/h3-8H,17H2,1-2H3,(H,18,21)(H,22,23). The molecule has 0 unspecified atom stereocenters. The molecule has 0 atom stereocenters. The Morgan fingerprint density at radius 1 is 1.21 bits per heavy atom. The number of azo groups is 1. The lowest BCUT2D eigenvalue weighted by Gasteiger charge is -2.10. The van der Waals surface area contributed by atoms with Gasteiger partial charge in [-0.1, -0.05) is 6.07 Å². The molecule has 0 radical (unpaired) electrons. The molecule has 0 aliphatic heterocycles. The lowest BCUT2D eigenvalue weighted by Crippen LogP contribution is -2.06. The number of amides is 1. The fraction of sp³-hybridized carbons (Fsp3) is 0.125. The normalized spacial score (nSPS) is 10.6. The highest BCUT2D eigenvalue weighted by Crippen LogP contribution is 2.35. The van der Waals surface area contributed by atoms with Gasteiger partial charge in [0, 0.05) is 13.0 Å². The first-order valence-electron chi connectivity index (χ1n) is 6.91. The van der Waals surface area contributed by atoms with E-state index in [4.69, 9.17) is 15.6 Å². The first-order valence-corrected chi connectivity index (χ1v) is 6.91. The molecule has 0 fully saturated rings. The maximum absolute atomic E-state index is 11.3. The van der Waals surface area contributed by atoms with E-state index >= 15 is 0 Å². The van der Waals surface area contributed by atoms with Crippen molar-refractivity contribution < 1.29 is 19.4 Å². The Morgan fingerprint density at radius 3 is 2.58 bits per heavy atom. The van der Waals surface area contributed by atoms with Crippen LogP contribution in [0.5, 0.6) is 5.75 Å². The monoisotopic (exact) mass is 328 g/mol. The molecule has 2 rings (SSSR count). The van der Waals surface area contributed by atoms with Gasteiger partial charge in [0.25, 0.3) is 0 Å². The molecule has 0 aliphatic carbocycles. The summed E-state index contributed by atoms with van der Waals surface area (Å²) < 4.78 is 5.13. The average Bonchev–Trinajstić information content (AvgIpc) is 2.53. The van der Waals surface area contributed by atoms with Crippen LogP contribution < -0.4 is 15.8 Å². The Kier molecular flexibility index (Phi) is 5.10. The second-order valence-corrected chi connectivity index (χ2v) is 4.85. The van der Waals surface area contributed by atoms with Crippen molar-refractivity contribution in [3.05, 3.63) is 42.0 Å². The van der Waals surface area contributed by atoms with Crippen LogP contribution in [0.3, 0.4) is 0 Å². The number of ether oxygens (including phenoxy) is 1. The summed E-state index contributed by atoms with van der Waals surface area (Å²) in [5, 5.41) is 19.7. The van der Waals surface area contributed by atoms with Gasteiger partial charge in [-0.25, -0.2) is 4.79 Å². The van der Waals surface area contributed by atoms with E-state index in [1.165, 1.54) is 38.3 Å². The van der Waals surface area contributed by atoms with Crippen LogP contribution in [0, 0.1) is 0 Å². The van der Waals surface area contributed by atoms with Crippen LogP contribution in [0.2, 0.25) is 0 Å². The Hall–Kier alpha value is -3.42. The van der Waals surface area contributed by atoms with Crippen molar-refractivity contribution in [3.63, 3.8) is 0 Å². The number of hydrogen-bond donors (Lipinski definition) is 3. The van der Waals surface area contributed by atoms with Crippen molar-refractivity contribution in [1.82, 2.24) is 0 Å². The molecule has 0 spiro atoms. The zero-order valence-corrected chi connectivity index (χ0v) is 13.1. The minimum atomic E-state index is -1.06. The SMILES string of the molecule is COc1cc(N=Nc2cccc(C(=O)O)c2)c(NC(C)=O)cc1N. The number of carbonyl (C=O) groups is 2. The van der Waals surface area contributed by atoms with Gasteiger partial charge >= 0.3 is 5.97 Å². The molecule has 0 saturated carbocycles. The van der Waals surface area contributed by atoms with Gasteiger partial charge in [-0.2, -0.15) is 5.11 Å². The van der Waals surface area contributed by atoms with Gasteiger partial charge in [-0.3, -0.25) is 4.79 Å². The Balaban J connectivity index is 2.41. The number of nitrogens with zero attached hydrogens (tertiary/aromatic N) is 2. The predicted octanol–water partition coefficient (Wildman–Crippen LogP) is 3.35. The van der Waals surface area contributed by atoms with Crippen molar-refractivity contribution in [1.29, 1.82) is 0 Å². The van der Waals surface area contributed by atoms with Crippen LogP contribution in [0.15, 0.2) is 46.6 Å². The molecular weight excluding hydrogens is 312 g/mol. The van der Waals surface area contributed by atoms with Crippen molar-refractivity contribution in [2.45, 2.75) is 6.92 Å². The molecule has 124 valence electrons. The topological polar surface area (TPSA) is 126 Å². The number of benzene rings is 2. The van der Waals surface area contributed by atoms with Crippen molar-refractivity contribution in [2.75, 3.05) is 18.2 Å². The third kappa shape index (κ3) is 4.07. The number of carboxylic acid groups (broad SMARTS) is 1. The molecule has 0 aliphatic rings. The molecule has 8 nitrogen and oxygen atoms in total. The van der Waals surface area contributed by atoms with Gasteiger partial charge in [0.15, 0.2) is 0 Å². The molecule has 2 aromatic carbocycles. The van der Waals surface area contributed by atoms with Crippen LogP contribution in [0.4, 0.5) is 22.7 Å². The third-order valence-corrected chi connectivity index (χ3v) is 3.03. The van der Waals surface area contributed by atoms with Crippen LogP contribution >= 0.6 is 0 Å². The molecule has 4 N–H and O–H groups in total. The molecule has 8 heteroatoms. The highest BCUT2D eigenvalue weighted by molar-refractivity contribution is 5.93. The number of rotatable bonds is 5. The lowest BCUT2D eigenvalue weighted by molar-refractivity contribution is -0.114. The fourth-order valence-corrected chi connectivity index (χ4v) is 1.95. The van der Waals surface area contributed by atoms with Gasteiger partial charge in [-0.15, -0.1) is 5.11 Å². The van der Waals surface area contributed by atoms with Gasteiger partial charge in [0.05, 0.1) is 29.7 Å². The number of anilines is 2. The van der Waals surface area contributed by atoms with E-state index in [2.05, 4.69) is 15.5 Å². The van der Waals surface area contributed by atoms with Gasteiger partial charge in [0.2, 0.25) is 5.91 Å². The zero-order valence-electron chi connectivity index (χ0n) is 13.1. The van der Waals surface area contributed by atoms with Crippen molar-refractivity contribution in [3.8, 4) is 5.75 Å². The van der Waals surface area contributed by atoms with E-state index in [-0.39, 0.29) is 11.5 Å². The summed E-state index contributed by atoms with van der Waals surface area (Å²) in [6, 6.07) is 9.07. The first kappa shape index (κ1) is 16.9. The molecule has 2 aromatic rings. The van der Waals surface area contributed by atoms with E-state index in [1.54, 1.807) is 12.1 Å². The van der Waals surface area contributed by atoms with E-state index in [0.29, 0.717) is 28.5 Å². The van der Waals surface area contributed by atoms with Gasteiger partial charge in [-0.05, 0) is 24.3 Å². The quantitative estimate of drug-likeness (QED) is 0.573. The van der Waals surface area contributed by atoms with Crippen LogP contribution in [0.1, 0.15) is 17.3 Å². The van der Waals surface area contributed by atoms with E-state index in [9.17, 15) is 9.59 Å². The fourth-order valence-electron chi connectivity index (χ4n) is 1.95. The van der Waals surface area contributed by atoms with E-state index in [1.807, 2.05) is 0 Å². The highest BCUT2D eigenvalue weighted by atomic mass is 16.5. The number of methoxy groups -OCH3 is 1. The predicted molar refractivity (Wildman–Crippen MR) is 89.3 cm³/mol. The number of nitrogens with one attached hydrogen (secondary N) is 1. The maximum atomic E-state index is 11.3. The third-order valence-electron chi connectivity index (χ3n) is 3.03. The number of aromatic carboxylic acids is 1. The second-order valence-electron chi connectivity index (χ2n) is 4.85. The van der Waals surface area contributed by atoms with Gasteiger partial charge in [0.1, 0.15) is 11.4 Å². The van der Waals surface area contributed by atoms with Crippen LogP contribution in [-0.2, 0) is 4.79 Å². The van der Waals surface area contributed by atoms with Crippen LogP contribution in [-0.4, -0.2) is 24.1 Å². The number of nitrogens with two attached hydrogens (primary N) is 1. The largest absolute Gasteiger partial charge is 0.495 e. The van der Waals surface area contributed by atoms with E-state index < -0.39 is 5.97 Å². The molecule has 1 amide bonds. The Labute approximate surface area is 138 Å². The molecule has 0 saturated heterocycles. The summed E-state index contributed by atoms with van der Waals surface area (Å²) >= 11 is 0. The smallest absolute Gasteiger partial charge is 0.335 e. The summed E-state index contributed by atoms with van der Waals surface area (Å²) in [6.45, 7) is 1.36. The minimum Gasteiger partial charge on any atom is -0.495 e. The first-order chi connectivity index (χ1) is 11.4. The summed E-state index contributed by atoms with van der Waals surface area (Å²) in [5.74, 6) is -0.957. The summed E-state index contributed by atoms with van der Waals surface area (Å²) in [7, 11) is 1.46. The Morgan fingerprint density at radius 2 is 1.96 bits per heavy atom. The number of nitrogen functional groups attached to an aromatic ring is 1. The molecule has 24 heavy (non-hydrogen) atoms. The highest BCUT2D eigenvalue weighted by Gasteiger charge is 2.10. The average molecular weight is 328 g/mol. The number of hydrogen-bond acceptors (Lipinski definition) is 6. The van der Waals surface area contributed by atoms with Crippen LogP contribution in [0.25, 0.3) is 0 Å². The maximum Gasteiger partial charge on any atom is 0.335 e. The number of carboxylic acids is 1. The molecule has 0 bridgehead atoms.